The first-order chi connectivity index (χ1) is 15.6. The second kappa shape index (κ2) is 11.4. The van der Waals surface area contributed by atoms with E-state index in [4.69, 9.17) is 10.00 Å². The topological polar surface area (TPSA) is 53.2 Å². The van der Waals surface area contributed by atoms with Crippen LogP contribution in [-0.2, 0) is 4.74 Å². The van der Waals surface area contributed by atoms with Gasteiger partial charge in [-0.2, -0.15) is 5.26 Å². The van der Waals surface area contributed by atoms with Gasteiger partial charge in [0.15, 0.2) is 0 Å². The quantitative estimate of drug-likeness (QED) is 0.364. The maximum absolute atomic E-state index is 10.1. The van der Waals surface area contributed by atoms with E-state index in [0.29, 0.717) is 24.4 Å². The molecule has 3 aliphatic carbocycles. The Bertz CT molecular complexity index is 780. The van der Waals surface area contributed by atoms with Crippen molar-refractivity contribution in [2.75, 3.05) is 6.61 Å². The summed E-state index contributed by atoms with van der Waals surface area (Å²) in [6.07, 6.45) is 18.3. The minimum Gasteiger partial charge on any atom is -0.390 e. The Labute approximate surface area is 203 Å². The van der Waals surface area contributed by atoms with Crippen LogP contribution in [0.25, 0.3) is 0 Å². The summed E-state index contributed by atoms with van der Waals surface area (Å²) in [4.78, 5) is 0. The Balaban J connectivity index is 1.65. The first-order valence-electron chi connectivity index (χ1n) is 13.4. The molecule has 0 unspecified atom stereocenters. The maximum atomic E-state index is 10.1. The Morgan fingerprint density at radius 2 is 2.06 bits per heavy atom. The van der Waals surface area contributed by atoms with Crippen LogP contribution in [0.15, 0.2) is 35.5 Å². The van der Waals surface area contributed by atoms with Gasteiger partial charge >= 0.3 is 0 Å². The van der Waals surface area contributed by atoms with Crippen molar-refractivity contribution in [1.29, 1.82) is 5.26 Å². The molecule has 3 aliphatic rings. The van der Waals surface area contributed by atoms with E-state index in [2.05, 4.69) is 38.6 Å². The van der Waals surface area contributed by atoms with E-state index in [0.717, 1.165) is 43.9 Å². The van der Waals surface area contributed by atoms with Crippen LogP contribution in [0.2, 0.25) is 0 Å². The first-order valence-corrected chi connectivity index (χ1v) is 13.4. The van der Waals surface area contributed by atoms with Gasteiger partial charge in [0.25, 0.3) is 0 Å². The van der Waals surface area contributed by atoms with Gasteiger partial charge in [-0.05, 0) is 100 Å². The molecule has 0 aromatic rings. The van der Waals surface area contributed by atoms with Gasteiger partial charge in [-0.1, -0.05) is 56.6 Å². The van der Waals surface area contributed by atoms with Crippen LogP contribution in [-0.4, -0.2) is 23.4 Å². The number of nitrogens with zero attached hydrogens (tertiary/aromatic N) is 1. The zero-order valence-corrected chi connectivity index (χ0v) is 21.7. The summed E-state index contributed by atoms with van der Waals surface area (Å²) >= 11 is 0. The SMILES string of the molecule is C=C1CC[C@H](OCCC#N)C/C1=C/C=C1\CCC[C@]2(C)[C@@H]([C@H](C)CCCC(C)(C)O)CC[C@@H]12. The van der Waals surface area contributed by atoms with Crippen molar-refractivity contribution in [3.05, 3.63) is 35.5 Å². The van der Waals surface area contributed by atoms with Gasteiger partial charge in [-0.25, -0.2) is 0 Å². The van der Waals surface area contributed by atoms with E-state index in [9.17, 15) is 5.11 Å². The zero-order valence-electron chi connectivity index (χ0n) is 21.7. The van der Waals surface area contributed by atoms with Gasteiger partial charge in [0, 0.05) is 0 Å². The number of ether oxygens (including phenoxy) is 1. The molecular weight excluding hydrogens is 406 g/mol. The second-order valence-electron chi connectivity index (χ2n) is 12.0. The molecule has 3 nitrogen and oxygen atoms in total. The lowest BCUT2D eigenvalue weighted by atomic mass is 9.60. The van der Waals surface area contributed by atoms with Crippen LogP contribution < -0.4 is 0 Å². The van der Waals surface area contributed by atoms with Gasteiger partial charge in [-0.15, -0.1) is 0 Å². The molecule has 0 amide bonds. The van der Waals surface area contributed by atoms with E-state index in [1.54, 1.807) is 5.57 Å². The van der Waals surface area contributed by atoms with Gasteiger partial charge in [0.2, 0.25) is 0 Å². The predicted octanol–water partition coefficient (Wildman–Crippen LogP) is 7.67. The monoisotopic (exact) mass is 453 g/mol. The van der Waals surface area contributed by atoms with E-state index >= 15 is 0 Å². The molecule has 1 N–H and O–H groups in total. The number of nitriles is 1. The van der Waals surface area contributed by atoms with Crippen LogP contribution in [0.3, 0.4) is 0 Å². The lowest BCUT2D eigenvalue weighted by molar-refractivity contribution is 0.0478. The predicted molar refractivity (Wildman–Crippen MR) is 137 cm³/mol. The number of rotatable bonds is 9. The molecule has 0 heterocycles. The van der Waals surface area contributed by atoms with Gasteiger partial charge in [0.05, 0.1) is 30.8 Å². The fourth-order valence-electron chi connectivity index (χ4n) is 7.07. The molecule has 0 bridgehead atoms. The number of hydrogen-bond acceptors (Lipinski definition) is 3. The number of allylic oxidation sites excluding steroid dienone is 4. The normalized spacial score (nSPS) is 33.8. The van der Waals surface area contributed by atoms with E-state index in [-0.39, 0.29) is 6.10 Å². The smallest absolute Gasteiger partial charge is 0.0645 e. The van der Waals surface area contributed by atoms with Crippen LogP contribution in [0, 0.1) is 34.5 Å². The number of aliphatic hydroxyl groups is 1. The highest BCUT2D eigenvalue weighted by Crippen LogP contribution is 2.60. The first kappa shape index (κ1) is 26.2. The van der Waals surface area contributed by atoms with Crippen molar-refractivity contribution in [3.8, 4) is 6.07 Å². The molecule has 0 radical (unpaired) electrons. The summed E-state index contributed by atoms with van der Waals surface area (Å²) in [7, 11) is 0. The highest BCUT2D eigenvalue weighted by Gasteiger charge is 2.50. The molecule has 3 saturated carbocycles. The summed E-state index contributed by atoms with van der Waals surface area (Å²) in [5.74, 6) is 2.23. The Morgan fingerprint density at radius 3 is 2.79 bits per heavy atom. The van der Waals surface area contributed by atoms with Gasteiger partial charge in [0.1, 0.15) is 0 Å². The van der Waals surface area contributed by atoms with E-state index < -0.39 is 5.60 Å². The third-order valence-corrected chi connectivity index (χ3v) is 8.91. The molecule has 0 aromatic carbocycles. The Morgan fingerprint density at radius 1 is 1.27 bits per heavy atom. The molecule has 0 aromatic heterocycles. The summed E-state index contributed by atoms with van der Waals surface area (Å²) in [5, 5.41) is 18.9. The lowest BCUT2D eigenvalue weighted by Gasteiger charge is -2.44. The highest BCUT2D eigenvalue weighted by molar-refractivity contribution is 5.36. The summed E-state index contributed by atoms with van der Waals surface area (Å²) < 4.78 is 5.93. The fraction of sp³-hybridized carbons (Fsp3) is 0.767. The highest BCUT2D eigenvalue weighted by atomic mass is 16.5. The molecule has 0 aliphatic heterocycles. The van der Waals surface area contributed by atoms with Crippen LogP contribution in [0.1, 0.15) is 105 Å². The van der Waals surface area contributed by atoms with Crippen LogP contribution in [0.4, 0.5) is 0 Å². The summed E-state index contributed by atoms with van der Waals surface area (Å²) in [6, 6.07) is 2.17. The Kier molecular flexibility index (Phi) is 9.04. The summed E-state index contributed by atoms with van der Waals surface area (Å²) in [5.41, 5.74) is 4.14. The van der Waals surface area contributed by atoms with Crippen molar-refractivity contribution >= 4 is 0 Å². The average molecular weight is 454 g/mol. The minimum atomic E-state index is -0.543. The van der Waals surface area contributed by atoms with Crippen LogP contribution >= 0.6 is 0 Å². The molecule has 3 fully saturated rings. The lowest BCUT2D eigenvalue weighted by Crippen LogP contribution is -2.36. The van der Waals surface area contributed by atoms with Crippen molar-refractivity contribution in [2.45, 2.75) is 116 Å². The maximum Gasteiger partial charge on any atom is 0.0645 e. The average Bonchev–Trinajstić information content (AvgIpc) is 3.10. The van der Waals surface area contributed by atoms with Crippen LogP contribution in [0.5, 0.6) is 0 Å². The zero-order chi connectivity index (χ0) is 24.1. The number of fused-ring (bicyclic) bond motifs is 1. The fourth-order valence-corrected chi connectivity index (χ4v) is 7.07. The molecule has 33 heavy (non-hydrogen) atoms. The molecule has 0 saturated heterocycles. The molecular formula is C30H47NO2. The largest absolute Gasteiger partial charge is 0.390 e. The van der Waals surface area contributed by atoms with E-state index in [1.807, 2.05) is 13.8 Å². The third-order valence-electron chi connectivity index (χ3n) is 8.91. The standard InChI is InChI=1S/C30H47NO2/c1-22-11-14-26(33-20-8-19-31)21-25(22)13-12-24-10-7-18-30(5)27(15-16-28(24)30)23(2)9-6-17-29(3,4)32/h12-13,23,26-28,32H,1,6-11,14-18,20-21H2,2-5H3/b24-12+,25-13-/t23-,26+,27-,28+,30-/m1/s1. The minimum absolute atomic E-state index is 0.228. The van der Waals surface area contributed by atoms with E-state index in [1.165, 1.54) is 49.7 Å². The molecule has 184 valence electrons. The molecule has 5 atom stereocenters. The summed E-state index contributed by atoms with van der Waals surface area (Å²) in [6.45, 7) is 13.8. The van der Waals surface area contributed by atoms with Gasteiger partial charge < -0.3 is 9.84 Å². The van der Waals surface area contributed by atoms with Gasteiger partial charge in [-0.3, -0.25) is 0 Å². The van der Waals surface area contributed by atoms with Crippen molar-refractivity contribution in [2.24, 2.45) is 23.2 Å². The number of hydrogen-bond donors (Lipinski definition) is 1. The van der Waals surface area contributed by atoms with Crippen molar-refractivity contribution in [3.63, 3.8) is 0 Å². The van der Waals surface area contributed by atoms with Crippen molar-refractivity contribution in [1.82, 2.24) is 0 Å². The molecule has 0 spiro atoms. The second-order valence-corrected chi connectivity index (χ2v) is 12.0. The van der Waals surface area contributed by atoms with Crippen molar-refractivity contribution < 1.29 is 9.84 Å². The molecule has 3 rings (SSSR count). The third kappa shape index (κ3) is 6.83. The molecule has 3 heteroatoms. The Hall–Kier alpha value is -1.37.